The number of benzene rings is 1. The zero-order valence-corrected chi connectivity index (χ0v) is 17.4. The van der Waals surface area contributed by atoms with Crippen LogP contribution in [0.5, 0.6) is 0 Å². The number of hydrogen-bond donors (Lipinski definition) is 1. The van der Waals surface area contributed by atoms with Gasteiger partial charge in [0.1, 0.15) is 4.38 Å². The molecule has 1 atom stereocenters. The third kappa shape index (κ3) is 4.14. The summed E-state index contributed by atoms with van der Waals surface area (Å²) >= 11 is 3.10. The summed E-state index contributed by atoms with van der Waals surface area (Å²) in [6.45, 7) is 7.50. The number of thioether (sulfide) groups is 2. The zero-order valence-electron chi connectivity index (χ0n) is 15.8. The Morgan fingerprint density at radius 2 is 2.07 bits per heavy atom. The number of carbonyl (C=O) groups excluding carboxylic acids is 2. The highest BCUT2D eigenvalue weighted by atomic mass is 32.2. The molecular formula is C20H22N2O3S2. The van der Waals surface area contributed by atoms with Crippen molar-refractivity contribution in [3.05, 3.63) is 52.3 Å². The van der Waals surface area contributed by atoms with E-state index in [-0.39, 0.29) is 11.0 Å². The highest BCUT2D eigenvalue weighted by Crippen LogP contribution is 2.36. The number of para-hydroxylation sites is 1. The maximum atomic E-state index is 13.0. The smallest absolute Gasteiger partial charge is 0.340 e. The van der Waals surface area contributed by atoms with Gasteiger partial charge in [0, 0.05) is 11.4 Å². The summed E-state index contributed by atoms with van der Waals surface area (Å²) in [5, 5.41) is -0.312. The van der Waals surface area contributed by atoms with E-state index >= 15 is 0 Å². The number of rotatable bonds is 5. The lowest BCUT2D eigenvalue weighted by Crippen LogP contribution is -2.17. The number of H-pyrrole nitrogens is 1. The average Bonchev–Trinajstić information content (AvgIpc) is 2.95. The monoisotopic (exact) mass is 402 g/mol. The molecule has 0 radical (unpaired) electrons. The molecular weight excluding hydrogens is 380 g/mol. The quantitative estimate of drug-likeness (QED) is 0.560. The Kier molecular flexibility index (Phi) is 6.11. The van der Waals surface area contributed by atoms with Crippen LogP contribution in [0.15, 0.2) is 29.3 Å². The Balaban J connectivity index is 1.78. The summed E-state index contributed by atoms with van der Waals surface area (Å²) < 4.78 is 5.99. The van der Waals surface area contributed by atoms with E-state index < -0.39 is 5.97 Å². The minimum absolute atomic E-state index is 0.0432. The van der Waals surface area contributed by atoms with Crippen LogP contribution in [0, 0.1) is 13.8 Å². The van der Waals surface area contributed by atoms with E-state index in [9.17, 15) is 9.59 Å². The van der Waals surface area contributed by atoms with Gasteiger partial charge in [-0.25, -0.2) is 9.79 Å². The fourth-order valence-corrected chi connectivity index (χ4v) is 5.23. The van der Waals surface area contributed by atoms with Gasteiger partial charge in [-0.1, -0.05) is 41.7 Å². The molecule has 1 aromatic carbocycles. The van der Waals surface area contributed by atoms with Crippen molar-refractivity contribution in [3.63, 3.8) is 0 Å². The molecule has 0 saturated carbocycles. The number of nitrogens with zero attached hydrogens (tertiary/aromatic N) is 1. The van der Waals surface area contributed by atoms with E-state index in [1.165, 1.54) is 17.3 Å². The average molecular weight is 403 g/mol. The van der Waals surface area contributed by atoms with Gasteiger partial charge < -0.3 is 9.72 Å². The molecule has 0 bridgehead atoms. The van der Waals surface area contributed by atoms with Crippen LogP contribution in [0.3, 0.4) is 0 Å². The first-order valence-corrected chi connectivity index (χ1v) is 10.7. The maximum absolute atomic E-state index is 13.0. The first kappa shape index (κ1) is 19.8. The van der Waals surface area contributed by atoms with Gasteiger partial charge in [-0.15, -0.1) is 0 Å². The Morgan fingerprint density at radius 3 is 2.81 bits per heavy atom. The molecule has 0 saturated heterocycles. The number of ether oxygens (including phenoxy) is 1. The number of aryl methyl sites for hydroxylation is 1. The fraction of sp³-hybridized carbons (Fsp3) is 0.350. The maximum Gasteiger partial charge on any atom is 0.340 e. The predicted octanol–water partition coefficient (Wildman–Crippen LogP) is 5.05. The Hall–Kier alpha value is -1.99. The summed E-state index contributed by atoms with van der Waals surface area (Å²) in [7, 11) is 0. The molecule has 5 nitrogen and oxygen atoms in total. The Labute approximate surface area is 167 Å². The van der Waals surface area contributed by atoms with Crippen LogP contribution in [0.4, 0.5) is 5.69 Å². The lowest BCUT2D eigenvalue weighted by molar-refractivity contribution is 0.0525. The number of hydrogen-bond acceptors (Lipinski definition) is 6. The molecule has 142 valence electrons. The van der Waals surface area contributed by atoms with Crippen molar-refractivity contribution >= 4 is 45.3 Å². The second-order valence-corrected chi connectivity index (χ2v) is 8.82. The summed E-state index contributed by atoms with van der Waals surface area (Å²) in [5.74, 6) is 0.418. The van der Waals surface area contributed by atoms with Crippen molar-refractivity contribution in [2.45, 2.75) is 38.7 Å². The van der Waals surface area contributed by atoms with Gasteiger partial charge in [0.2, 0.25) is 0 Å². The normalized spacial score (nSPS) is 14.3. The summed E-state index contributed by atoms with van der Waals surface area (Å²) in [6, 6.07) is 8.05. The molecule has 1 aliphatic heterocycles. The number of aliphatic imine (C=N–C) groups is 1. The van der Waals surface area contributed by atoms with E-state index in [1.807, 2.05) is 25.1 Å². The van der Waals surface area contributed by atoms with E-state index in [4.69, 9.17) is 4.74 Å². The summed E-state index contributed by atoms with van der Waals surface area (Å²) in [4.78, 5) is 32.8. The van der Waals surface area contributed by atoms with Crippen LogP contribution in [-0.2, 0) is 10.5 Å². The van der Waals surface area contributed by atoms with Crippen LogP contribution in [-0.4, -0.2) is 33.0 Å². The Bertz CT molecular complexity index is 918. The number of aromatic nitrogens is 1. The number of nitrogens with one attached hydrogen (secondary N) is 1. The molecule has 2 heterocycles. The second-order valence-electron chi connectivity index (χ2n) is 6.26. The van der Waals surface area contributed by atoms with E-state index in [2.05, 4.69) is 16.0 Å². The largest absolute Gasteiger partial charge is 0.462 e. The molecule has 1 unspecified atom stereocenters. The topological polar surface area (TPSA) is 71.5 Å². The standard InChI is InChI=1S/C20H22N2O3S2/c1-5-25-19(24)16-11(2)17(21-12(16)3)18(23)13(4)27-20-22-15-9-7-6-8-14(15)10-26-20/h6-9,13,21H,5,10H2,1-4H3. The molecule has 7 heteroatoms. The lowest BCUT2D eigenvalue weighted by Gasteiger charge is -2.16. The van der Waals surface area contributed by atoms with Gasteiger partial charge in [-0.2, -0.15) is 0 Å². The van der Waals surface area contributed by atoms with Crippen LogP contribution >= 0.6 is 23.5 Å². The number of ketones is 1. The van der Waals surface area contributed by atoms with E-state index in [1.54, 1.807) is 32.5 Å². The molecule has 3 rings (SSSR count). The van der Waals surface area contributed by atoms with Crippen molar-refractivity contribution in [3.8, 4) is 0 Å². The molecule has 1 aromatic heterocycles. The van der Waals surface area contributed by atoms with Gasteiger partial charge in [-0.3, -0.25) is 4.79 Å². The summed E-state index contributed by atoms with van der Waals surface area (Å²) in [6.07, 6.45) is 0. The number of carbonyl (C=O) groups is 2. The molecule has 2 aromatic rings. The van der Waals surface area contributed by atoms with Gasteiger partial charge in [-0.05, 0) is 44.9 Å². The first-order valence-electron chi connectivity index (χ1n) is 8.78. The van der Waals surface area contributed by atoms with Crippen molar-refractivity contribution in [1.29, 1.82) is 0 Å². The molecule has 0 amide bonds. The second kappa shape index (κ2) is 8.35. The number of Topliss-reactive ketones (excluding diaryl/α,β-unsaturated/α-hetero) is 1. The number of fused-ring (bicyclic) bond motifs is 1. The van der Waals surface area contributed by atoms with Crippen molar-refractivity contribution in [2.24, 2.45) is 4.99 Å². The molecule has 0 fully saturated rings. The highest BCUT2D eigenvalue weighted by Gasteiger charge is 2.27. The highest BCUT2D eigenvalue weighted by molar-refractivity contribution is 8.39. The van der Waals surface area contributed by atoms with Crippen molar-refractivity contribution in [2.75, 3.05) is 6.61 Å². The van der Waals surface area contributed by atoms with Crippen LogP contribution in [0.2, 0.25) is 0 Å². The zero-order chi connectivity index (χ0) is 19.6. The van der Waals surface area contributed by atoms with Gasteiger partial charge in [0.15, 0.2) is 5.78 Å². The fourth-order valence-electron chi connectivity index (χ4n) is 2.99. The molecule has 0 aliphatic carbocycles. The van der Waals surface area contributed by atoms with Crippen LogP contribution in [0.25, 0.3) is 0 Å². The molecule has 0 spiro atoms. The lowest BCUT2D eigenvalue weighted by atomic mass is 10.1. The first-order chi connectivity index (χ1) is 12.9. The third-order valence-corrected chi connectivity index (χ3v) is 6.66. The van der Waals surface area contributed by atoms with E-state index in [0.29, 0.717) is 29.1 Å². The van der Waals surface area contributed by atoms with Crippen LogP contribution < -0.4 is 0 Å². The van der Waals surface area contributed by atoms with Gasteiger partial charge in [0.05, 0.1) is 28.8 Å². The third-order valence-electron chi connectivity index (χ3n) is 4.36. The van der Waals surface area contributed by atoms with E-state index in [0.717, 1.165) is 15.8 Å². The number of aromatic amines is 1. The molecule has 1 N–H and O–H groups in total. The van der Waals surface area contributed by atoms with Crippen molar-refractivity contribution in [1.82, 2.24) is 4.98 Å². The Morgan fingerprint density at radius 1 is 1.33 bits per heavy atom. The van der Waals surface area contributed by atoms with Gasteiger partial charge >= 0.3 is 5.97 Å². The summed E-state index contributed by atoms with van der Waals surface area (Å²) in [5.41, 5.74) is 4.40. The minimum Gasteiger partial charge on any atom is -0.462 e. The van der Waals surface area contributed by atoms with Gasteiger partial charge in [0.25, 0.3) is 0 Å². The van der Waals surface area contributed by atoms with Crippen LogP contribution in [0.1, 0.15) is 51.5 Å². The minimum atomic E-state index is -0.396. The molecule has 27 heavy (non-hydrogen) atoms. The predicted molar refractivity (Wildman–Crippen MR) is 112 cm³/mol. The number of esters is 1. The SMILES string of the molecule is CCOC(=O)c1c(C)[nH]c(C(=O)C(C)SC2=Nc3ccccc3CS2)c1C. The molecule has 1 aliphatic rings. The van der Waals surface area contributed by atoms with Crippen molar-refractivity contribution < 1.29 is 14.3 Å².